The number of aromatic nitrogens is 1. The number of carbonyl (C=O) groups is 1. The number of halogens is 3. The van der Waals surface area contributed by atoms with Gasteiger partial charge in [-0.15, -0.1) is 22.7 Å². The van der Waals surface area contributed by atoms with Gasteiger partial charge < -0.3 is 10.2 Å². The average Bonchev–Trinajstić information content (AvgIpc) is 3.47. The van der Waals surface area contributed by atoms with Crippen molar-refractivity contribution in [1.82, 2.24) is 0 Å². The molecule has 0 atom stereocenters. The van der Waals surface area contributed by atoms with Crippen LogP contribution in [0.25, 0.3) is 20.9 Å². The molecule has 0 radical (unpaired) electrons. The lowest BCUT2D eigenvalue weighted by atomic mass is 10.1. The zero-order valence-electron chi connectivity index (χ0n) is 16.6. The van der Waals surface area contributed by atoms with Crippen molar-refractivity contribution in [3.8, 4) is 26.6 Å². The maximum absolute atomic E-state index is 10.6. The molecule has 32 heavy (non-hydrogen) atoms. The Labute approximate surface area is 190 Å². The van der Waals surface area contributed by atoms with E-state index in [1.807, 2.05) is 12.1 Å². The van der Waals surface area contributed by atoms with Gasteiger partial charge in [0.05, 0.1) is 11.1 Å². The molecule has 0 unspecified atom stereocenters. The first-order valence-electron chi connectivity index (χ1n) is 9.42. The number of alkyl halides is 3. The maximum atomic E-state index is 10.6. The molecule has 0 saturated carbocycles. The number of rotatable bonds is 5. The summed E-state index contributed by atoms with van der Waals surface area (Å²) in [5.74, 6) is -2.44. The van der Waals surface area contributed by atoms with Gasteiger partial charge >= 0.3 is 12.1 Å². The van der Waals surface area contributed by atoms with E-state index in [4.69, 9.17) is 9.90 Å². The van der Waals surface area contributed by atoms with E-state index < -0.39 is 12.1 Å². The third kappa shape index (κ3) is 6.66. The number of benzene rings is 1. The van der Waals surface area contributed by atoms with Crippen LogP contribution in [0.4, 0.5) is 13.2 Å². The standard InChI is InChI=1S/C21H17NOS2.C2HF3O2/c23-19-7-5-16(6-8-19)9-10-22-14-17(20-3-1-11-24-20)13-18(15-22)21-4-2-12-25-21;3-2(4,5)1(6)7/h1-8,11-15H,9-10H2;(H,6,7)/p+1. The van der Waals surface area contributed by atoms with Crippen molar-refractivity contribution in [2.45, 2.75) is 19.1 Å². The Hall–Kier alpha value is -3.17. The largest absolute Gasteiger partial charge is 0.508 e. The van der Waals surface area contributed by atoms with Gasteiger partial charge in [-0.05, 0) is 46.7 Å². The smallest absolute Gasteiger partial charge is 0.490 e. The first-order chi connectivity index (χ1) is 15.2. The van der Waals surface area contributed by atoms with Crippen LogP contribution in [-0.2, 0) is 17.8 Å². The molecule has 4 rings (SSSR count). The third-order valence-corrected chi connectivity index (χ3v) is 6.21. The number of carboxylic acid groups (broad SMARTS) is 1. The van der Waals surface area contributed by atoms with E-state index in [1.54, 1.807) is 34.8 Å². The first kappa shape index (κ1) is 23.5. The number of phenols is 1. The van der Waals surface area contributed by atoms with E-state index >= 15 is 0 Å². The van der Waals surface area contributed by atoms with Gasteiger partial charge in [-0.25, -0.2) is 9.36 Å². The molecule has 3 aromatic heterocycles. The van der Waals surface area contributed by atoms with Crippen LogP contribution >= 0.6 is 22.7 Å². The van der Waals surface area contributed by atoms with Gasteiger partial charge in [-0.2, -0.15) is 13.2 Å². The van der Waals surface area contributed by atoms with Gasteiger partial charge in [-0.1, -0.05) is 24.3 Å². The Bertz CT molecular complexity index is 1090. The number of aromatic hydroxyl groups is 1. The van der Waals surface area contributed by atoms with E-state index in [0.29, 0.717) is 5.75 Å². The molecule has 4 nitrogen and oxygen atoms in total. The van der Waals surface area contributed by atoms with Gasteiger partial charge in [0.25, 0.3) is 0 Å². The summed E-state index contributed by atoms with van der Waals surface area (Å²) in [7, 11) is 0. The molecule has 0 bridgehead atoms. The number of hydrogen-bond donors (Lipinski definition) is 2. The third-order valence-electron chi connectivity index (χ3n) is 4.37. The van der Waals surface area contributed by atoms with Crippen molar-refractivity contribution >= 4 is 28.6 Å². The molecule has 166 valence electrons. The SMILES string of the molecule is O=C(O)C(F)(F)F.Oc1ccc(CC[n+]2cc(-c3cccs3)cc(-c3cccs3)c2)cc1. The molecular weight excluding hydrogens is 459 g/mol. The summed E-state index contributed by atoms with van der Waals surface area (Å²) in [6, 6.07) is 18.3. The Kier molecular flexibility index (Phi) is 7.66. The highest BCUT2D eigenvalue weighted by Gasteiger charge is 2.38. The lowest BCUT2D eigenvalue weighted by Gasteiger charge is -2.04. The molecule has 1 aromatic carbocycles. The maximum Gasteiger partial charge on any atom is 0.490 e. The lowest BCUT2D eigenvalue weighted by molar-refractivity contribution is -0.695. The Morgan fingerprint density at radius 1 is 0.906 bits per heavy atom. The van der Waals surface area contributed by atoms with Crippen LogP contribution < -0.4 is 4.57 Å². The van der Waals surface area contributed by atoms with Crippen LogP contribution in [0.5, 0.6) is 5.75 Å². The molecule has 0 fully saturated rings. The predicted molar refractivity (Wildman–Crippen MR) is 119 cm³/mol. The summed E-state index contributed by atoms with van der Waals surface area (Å²) < 4.78 is 34.0. The summed E-state index contributed by atoms with van der Waals surface area (Å²) in [5, 5.41) is 20.8. The number of aliphatic carboxylic acids is 1. The van der Waals surface area contributed by atoms with Crippen LogP contribution in [0.1, 0.15) is 5.56 Å². The molecule has 4 aromatic rings. The Morgan fingerprint density at radius 2 is 1.41 bits per heavy atom. The Morgan fingerprint density at radius 3 is 1.81 bits per heavy atom. The molecule has 0 aliphatic heterocycles. The van der Waals surface area contributed by atoms with Crippen LogP contribution in [0.2, 0.25) is 0 Å². The van der Waals surface area contributed by atoms with Crippen molar-refractivity contribution in [3.63, 3.8) is 0 Å². The summed E-state index contributed by atoms with van der Waals surface area (Å²) >= 11 is 3.54. The van der Waals surface area contributed by atoms with Crippen molar-refractivity contribution < 1.29 is 32.7 Å². The Balaban J connectivity index is 0.000000360. The fourth-order valence-electron chi connectivity index (χ4n) is 2.84. The van der Waals surface area contributed by atoms with Crippen molar-refractivity contribution in [2.24, 2.45) is 0 Å². The normalized spacial score (nSPS) is 11.0. The summed E-state index contributed by atoms with van der Waals surface area (Å²) in [5.41, 5.74) is 3.74. The highest BCUT2D eigenvalue weighted by atomic mass is 32.1. The predicted octanol–water partition coefficient (Wildman–Crippen LogP) is 6.01. The minimum absolute atomic E-state index is 0.316. The number of thiophene rings is 2. The second kappa shape index (κ2) is 10.4. The molecule has 0 aliphatic rings. The van der Waals surface area contributed by atoms with Crippen LogP contribution in [-0.4, -0.2) is 22.4 Å². The van der Waals surface area contributed by atoms with Crippen LogP contribution in [0.15, 0.2) is 77.8 Å². The van der Waals surface area contributed by atoms with E-state index in [2.05, 4.69) is 58.1 Å². The van der Waals surface area contributed by atoms with Gasteiger partial charge in [0, 0.05) is 16.2 Å². The highest BCUT2D eigenvalue weighted by Crippen LogP contribution is 2.29. The van der Waals surface area contributed by atoms with Crippen molar-refractivity contribution in [2.75, 3.05) is 0 Å². The van der Waals surface area contributed by atoms with Gasteiger partial charge in [0.15, 0.2) is 18.9 Å². The van der Waals surface area contributed by atoms with Gasteiger partial charge in [0.1, 0.15) is 5.75 Å². The van der Waals surface area contributed by atoms with E-state index in [0.717, 1.165) is 13.0 Å². The summed E-state index contributed by atoms with van der Waals surface area (Å²) in [6.45, 7) is 0.905. The van der Waals surface area contributed by atoms with Gasteiger partial charge in [-0.3, -0.25) is 0 Å². The minimum atomic E-state index is -5.08. The molecule has 0 aliphatic carbocycles. The topological polar surface area (TPSA) is 61.4 Å². The number of aryl methyl sites for hydroxylation is 2. The molecule has 9 heteroatoms. The highest BCUT2D eigenvalue weighted by molar-refractivity contribution is 7.14. The monoisotopic (exact) mass is 478 g/mol. The quantitative estimate of drug-likeness (QED) is 0.345. The average molecular weight is 479 g/mol. The molecule has 0 saturated heterocycles. The van der Waals surface area contributed by atoms with Crippen LogP contribution in [0, 0.1) is 0 Å². The van der Waals surface area contributed by atoms with Crippen molar-refractivity contribution in [3.05, 3.63) is 83.3 Å². The molecule has 2 N–H and O–H groups in total. The summed E-state index contributed by atoms with van der Waals surface area (Å²) in [4.78, 5) is 11.5. The lowest BCUT2D eigenvalue weighted by Crippen LogP contribution is -2.34. The van der Waals surface area contributed by atoms with Crippen LogP contribution in [0.3, 0.4) is 0 Å². The fraction of sp³-hybridized carbons (Fsp3) is 0.130. The molecule has 0 spiro atoms. The zero-order valence-corrected chi connectivity index (χ0v) is 18.3. The van der Waals surface area contributed by atoms with Crippen molar-refractivity contribution in [1.29, 1.82) is 0 Å². The number of nitrogens with zero attached hydrogens (tertiary/aromatic N) is 1. The second-order valence-corrected chi connectivity index (χ2v) is 8.62. The van der Waals surface area contributed by atoms with E-state index in [-0.39, 0.29) is 0 Å². The first-order valence-corrected chi connectivity index (χ1v) is 11.2. The number of pyridine rings is 1. The fourth-order valence-corrected chi connectivity index (χ4v) is 4.26. The second-order valence-electron chi connectivity index (χ2n) is 6.73. The molecule has 0 amide bonds. The number of carboxylic acids is 1. The van der Waals surface area contributed by atoms with E-state index in [9.17, 15) is 18.3 Å². The number of phenolic OH excluding ortho intramolecular Hbond substituents is 1. The minimum Gasteiger partial charge on any atom is -0.508 e. The van der Waals surface area contributed by atoms with E-state index in [1.165, 1.54) is 26.4 Å². The molecular formula is C23H19F3NO3S2+. The number of hydrogen-bond acceptors (Lipinski definition) is 4. The molecule has 3 heterocycles. The van der Waals surface area contributed by atoms with Gasteiger partial charge in [0.2, 0.25) is 0 Å². The summed E-state index contributed by atoms with van der Waals surface area (Å²) in [6.07, 6.45) is 0.301. The zero-order chi connectivity index (χ0) is 23.1.